The number of pyridine rings is 1. The van der Waals surface area contributed by atoms with E-state index < -0.39 is 0 Å². The molecule has 0 aliphatic carbocycles. The quantitative estimate of drug-likeness (QED) is 0.847. The van der Waals surface area contributed by atoms with Gasteiger partial charge in [-0.15, -0.1) is 0 Å². The molecule has 4 nitrogen and oxygen atoms in total. The van der Waals surface area contributed by atoms with E-state index in [-0.39, 0.29) is 0 Å². The molecule has 0 amide bonds. The number of benzene rings is 1. The van der Waals surface area contributed by atoms with Crippen LogP contribution in [0.4, 0.5) is 11.4 Å². The number of hydrogen-bond acceptors (Lipinski definition) is 4. The lowest BCUT2D eigenvalue weighted by atomic mass is 10.1. The van der Waals surface area contributed by atoms with Crippen LogP contribution in [0.5, 0.6) is 0 Å². The van der Waals surface area contributed by atoms with E-state index in [1.165, 1.54) is 5.56 Å². The van der Waals surface area contributed by atoms with E-state index in [1.54, 1.807) is 12.3 Å². The van der Waals surface area contributed by atoms with Crippen molar-refractivity contribution in [2.75, 3.05) is 17.2 Å². The van der Waals surface area contributed by atoms with Crippen molar-refractivity contribution in [1.29, 1.82) is 5.26 Å². The number of nitrogens with zero attached hydrogens (tertiary/aromatic N) is 3. The smallest absolute Gasteiger partial charge is 0.101 e. The summed E-state index contributed by atoms with van der Waals surface area (Å²) in [6, 6.07) is 12.1. The van der Waals surface area contributed by atoms with Crippen molar-refractivity contribution in [3.63, 3.8) is 0 Å². The van der Waals surface area contributed by atoms with Crippen LogP contribution >= 0.6 is 0 Å². The maximum Gasteiger partial charge on any atom is 0.101 e. The zero-order valence-electron chi connectivity index (χ0n) is 11.2. The molecule has 1 fully saturated rings. The Hall–Kier alpha value is -2.54. The molecule has 0 bridgehead atoms. The molecular weight excluding hydrogens is 248 g/mol. The van der Waals surface area contributed by atoms with Gasteiger partial charge in [0.25, 0.3) is 0 Å². The third-order valence-electron chi connectivity index (χ3n) is 3.83. The van der Waals surface area contributed by atoms with Crippen LogP contribution in [0.15, 0.2) is 42.7 Å². The standard InChI is InChI=1S/C16H16N4/c17-10-12-4-1-6-15(16(12)18)20-9-3-7-14(20)13-5-2-8-19-11-13/h1-2,4-6,8,11,14H,3,7,9,18H2. The van der Waals surface area contributed by atoms with Crippen molar-refractivity contribution >= 4 is 11.4 Å². The number of nitrogen functional groups attached to an aromatic ring is 1. The van der Waals surface area contributed by atoms with Gasteiger partial charge in [0.1, 0.15) is 6.07 Å². The number of anilines is 2. The normalized spacial score (nSPS) is 17.9. The van der Waals surface area contributed by atoms with E-state index in [0.717, 1.165) is 25.1 Å². The summed E-state index contributed by atoms with van der Waals surface area (Å²) in [5, 5.41) is 9.11. The van der Waals surface area contributed by atoms with Crippen LogP contribution in [0.3, 0.4) is 0 Å². The molecule has 0 saturated carbocycles. The first-order valence-electron chi connectivity index (χ1n) is 6.76. The maximum atomic E-state index is 9.11. The average Bonchev–Trinajstić information content (AvgIpc) is 2.97. The Morgan fingerprint density at radius 2 is 2.20 bits per heavy atom. The minimum atomic E-state index is 0.292. The molecule has 3 rings (SSSR count). The van der Waals surface area contributed by atoms with Gasteiger partial charge in [-0.05, 0) is 36.6 Å². The summed E-state index contributed by atoms with van der Waals surface area (Å²) in [6.07, 6.45) is 5.90. The third-order valence-corrected chi connectivity index (χ3v) is 3.83. The van der Waals surface area contributed by atoms with Gasteiger partial charge < -0.3 is 10.6 Å². The number of rotatable bonds is 2. The summed E-state index contributed by atoms with van der Waals surface area (Å²) in [6.45, 7) is 0.957. The van der Waals surface area contributed by atoms with Gasteiger partial charge in [0.15, 0.2) is 0 Å². The van der Waals surface area contributed by atoms with Crippen molar-refractivity contribution in [2.45, 2.75) is 18.9 Å². The lowest BCUT2D eigenvalue weighted by Gasteiger charge is -2.28. The van der Waals surface area contributed by atoms with E-state index in [0.29, 0.717) is 17.3 Å². The number of hydrogen-bond donors (Lipinski definition) is 1. The van der Waals surface area contributed by atoms with Crippen molar-refractivity contribution in [3.8, 4) is 6.07 Å². The molecule has 1 aromatic heterocycles. The first-order chi connectivity index (χ1) is 9.81. The molecule has 1 aromatic carbocycles. The second kappa shape index (κ2) is 5.22. The highest BCUT2D eigenvalue weighted by Gasteiger charge is 2.27. The summed E-state index contributed by atoms with van der Waals surface area (Å²) in [4.78, 5) is 6.49. The van der Waals surface area contributed by atoms with Crippen molar-refractivity contribution in [2.24, 2.45) is 0 Å². The number of nitriles is 1. The van der Waals surface area contributed by atoms with Crippen molar-refractivity contribution in [3.05, 3.63) is 53.9 Å². The predicted octanol–water partition coefficient (Wildman–Crippen LogP) is 2.88. The van der Waals surface area contributed by atoms with E-state index in [9.17, 15) is 0 Å². The number of para-hydroxylation sites is 1. The van der Waals surface area contributed by atoms with E-state index in [4.69, 9.17) is 11.0 Å². The van der Waals surface area contributed by atoms with Gasteiger partial charge in [-0.25, -0.2) is 0 Å². The Labute approximate surface area is 118 Å². The Balaban J connectivity index is 2.00. The summed E-state index contributed by atoms with van der Waals surface area (Å²) < 4.78 is 0. The predicted molar refractivity (Wildman–Crippen MR) is 79.1 cm³/mol. The average molecular weight is 264 g/mol. The topological polar surface area (TPSA) is 65.9 Å². The second-order valence-corrected chi connectivity index (χ2v) is 4.99. The largest absolute Gasteiger partial charge is 0.396 e. The zero-order valence-corrected chi connectivity index (χ0v) is 11.2. The van der Waals surface area contributed by atoms with Gasteiger partial charge >= 0.3 is 0 Å². The second-order valence-electron chi connectivity index (χ2n) is 4.99. The summed E-state index contributed by atoms with van der Waals surface area (Å²) in [7, 11) is 0. The van der Waals surface area contributed by atoms with Crippen molar-refractivity contribution in [1.82, 2.24) is 4.98 Å². The fourth-order valence-electron chi connectivity index (χ4n) is 2.88. The molecule has 1 aliphatic rings. The van der Waals surface area contributed by atoms with E-state index >= 15 is 0 Å². The first kappa shape index (κ1) is 12.5. The maximum absolute atomic E-state index is 9.11. The molecule has 1 unspecified atom stereocenters. The zero-order chi connectivity index (χ0) is 13.9. The summed E-state index contributed by atoms with van der Waals surface area (Å²) >= 11 is 0. The Kier molecular flexibility index (Phi) is 3.26. The first-order valence-corrected chi connectivity index (χ1v) is 6.76. The lowest BCUT2D eigenvalue weighted by molar-refractivity contribution is 0.716. The van der Waals surface area contributed by atoms with E-state index in [1.807, 2.05) is 24.4 Å². The Morgan fingerprint density at radius 1 is 1.30 bits per heavy atom. The molecule has 1 atom stereocenters. The SMILES string of the molecule is N#Cc1cccc(N2CCCC2c2cccnc2)c1N. The molecule has 0 spiro atoms. The molecule has 1 aliphatic heterocycles. The van der Waals surface area contributed by atoms with Crippen LogP contribution in [0.1, 0.15) is 30.0 Å². The van der Waals surface area contributed by atoms with Crippen LogP contribution in [-0.4, -0.2) is 11.5 Å². The van der Waals surface area contributed by atoms with Gasteiger partial charge in [-0.1, -0.05) is 12.1 Å². The fourth-order valence-corrected chi connectivity index (χ4v) is 2.88. The minimum Gasteiger partial charge on any atom is -0.396 e. The molecule has 4 heteroatoms. The minimum absolute atomic E-state index is 0.292. The molecule has 1 saturated heterocycles. The van der Waals surface area contributed by atoms with Crippen LogP contribution in [-0.2, 0) is 0 Å². The summed E-state index contributed by atoms with van der Waals surface area (Å²) in [5.41, 5.74) is 9.40. The molecule has 2 aromatic rings. The van der Waals surface area contributed by atoms with Gasteiger partial charge in [0, 0.05) is 18.9 Å². The van der Waals surface area contributed by atoms with Crippen LogP contribution < -0.4 is 10.6 Å². The monoisotopic (exact) mass is 264 g/mol. The molecule has 2 N–H and O–H groups in total. The van der Waals surface area contributed by atoms with Gasteiger partial charge in [0.2, 0.25) is 0 Å². The fraction of sp³-hybridized carbons (Fsp3) is 0.250. The summed E-state index contributed by atoms with van der Waals surface area (Å²) in [5.74, 6) is 0. The van der Waals surface area contributed by atoms with Crippen LogP contribution in [0.2, 0.25) is 0 Å². The lowest BCUT2D eigenvalue weighted by Crippen LogP contribution is -2.23. The van der Waals surface area contributed by atoms with Crippen LogP contribution in [0, 0.1) is 11.3 Å². The Morgan fingerprint density at radius 3 is 2.95 bits per heavy atom. The molecule has 2 heterocycles. The van der Waals surface area contributed by atoms with Gasteiger partial charge in [-0.3, -0.25) is 4.98 Å². The molecular formula is C16H16N4. The van der Waals surface area contributed by atoms with E-state index in [2.05, 4.69) is 22.0 Å². The highest BCUT2D eigenvalue weighted by molar-refractivity contribution is 5.74. The van der Waals surface area contributed by atoms with Crippen molar-refractivity contribution < 1.29 is 0 Å². The molecule has 100 valence electrons. The number of aromatic nitrogens is 1. The highest BCUT2D eigenvalue weighted by Crippen LogP contribution is 2.39. The van der Waals surface area contributed by atoms with Gasteiger partial charge in [0.05, 0.1) is 23.0 Å². The molecule has 20 heavy (non-hydrogen) atoms. The van der Waals surface area contributed by atoms with Gasteiger partial charge in [-0.2, -0.15) is 5.26 Å². The van der Waals surface area contributed by atoms with Crippen LogP contribution in [0.25, 0.3) is 0 Å². The number of nitrogens with two attached hydrogens (primary N) is 1. The molecule has 0 radical (unpaired) electrons. The highest BCUT2D eigenvalue weighted by atomic mass is 15.2. The third kappa shape index (κ3) is 2.08. The Bertz CT molecular complexity index is 645.